The van der Waals surface area contributed by atoms with Crippen LogP contribution in [0.15, 0.2) is 42.5 Å². The van der Waals surface area contributed by atoms with Crippen LogP contribution >= 0.6 is 11.3 Å². The number of fused-ring (bicyclic) bond motifs is 3. The summed E-state index contributed by atoms with van der Waals surface area (Å²) in [5, 5.41) is 13.6. The maximum atomic E-state index is 14.3. The molecule has 2 amide bonds. The Kier molecular flexibility index (Phi) is 5.15. The number of benzene rings is 2. The first-order chi connectivity index (χ1) is 14.3. The number of carboxylic acid groups (broad SMARTS) is 1. The molecule has 2 aromatic carbocycles. The number of carbonyl (C=O) groups excluding carboxylic acids is 2. The summed E-state index contributed by atoms with van der Waals surface area (Å²) in [6.45, 7) is -2.53. The molecule has 0 spiro atoms. The number of amides is 2. The number of carbonyl (C=O) groups is 3. The highest BCUT2D eigenvalue weighted by atomic mass is 32.1. The molecule has 1 aliphatic heterocycles. The Bertz CT molecular complexity index is 1160. The number of nitrogens with zero attached hydrogens (tertiary/aromatic N) is 1. The standard InChI is InChI=1S/C21H18F2N2O4S/c22-10-21(23)8-15(20(28)29)25(11-21)18(26)9-24-19(27)12-5-6-17-14(7-12)13-3-1-2-4-16(13)30-17/h1-7,15H,8-11H2,(H,24,27)(H,28,29)/t15-,21-/m0/s1. The molecule has 6 nitrogen and oxygen atoms in total. The molecule has 3 aromatic rings. The summed E-state index contributed by atoms with van der Waals surface area (Å²) in [6.07, 6.45) is -0.611. The van der Waals surface area contributed by atoms with Crippen molar-refractivity contribution in [2.75, 3.05) is 19.8 Å². The van der Waals surface area contributed by atoms with Crippen molar-refractivity contribution in [3.8, 4) is 0 Å². The van der Waals surface area contributed by atoms with Gasteiger partial charge < -0.3 is 15.3 Å². The second-order valence-corrected chi connectivity index (χ2v) is 8.44. The lowest BCUT2D eigenvalue weighted by molar-refractivity contribution is -0.147. The van der Waals surface area contributed by atoms with Crippen molar-refractivity contribution >= 4 is 49.3 Å². The molecule has 0 bridgehead atoms. The Balaban J connectivity index is 1.48. The number of rotatable bonds is 5. The molecule has 0 radical (unpaired) electrons. The van der Waals surface area contributed by atoms with Crippen LogP contribution in [-0.4, -0.2) is 59.3 Å². The number of aliphatic carboxylic acids is 1. The van der Waals surface area contributed by atoms with E-state index in [0.717, 1.165) is 25.1 Å². The van der Waals surface area contributed by atoms with E-state index in [-0.39, 0.29) is 0 Å². The molecule has 1 aromatic heterocycles. The lowest BCUT2D eigenvalue weighted by Gasteiger charge is -2.21. The number of thiophene rings is 1. The van der Waals surface area contributed by atoms with Gasteiger partial charge in [0, 0.05) is 32.2 Å². The number of halogens is 2. The van der Waals surface area contributed by atoms with Gasteiger partial charge in [0.25, 0.3) is 5.91 Å². The van der Waals surface area contributed by atoms with E-state index in [4.69, 9.17) is 0 Å². The minimum absolute atomic E-state index is 0.346. The molecule has 2 N–H and O–H groups in total. The molecular weight excluding hydrogens is 414 g/mol. The summed E-state index contributed by atoms with van der Waals surface area (Å²) in [5.41, 5.74) is -2.04. The largest absolute Gasteiger partial charge is 0.480 e. The Labute approximate surface area is 174 Å². The first-order valence-electron chi connectivity index (χ1n) is 9.28. The molecule has 1 aliphatic rings. The third-order valence-electron chi connectivity index (χ3n) is 5.27. The first-order valence-corrected chi connectivity index (χ1v) is 10.1. The molecule has 30 heavy (non-hydrogen) atoms. The third-order valence-corrected chi connectivity index (χ3v) is 6.42. The second kappa shape index (κ2) is 7.64. The van der Waals surface area contributed by atoms with Crippen LogP contribution in [-0.2, 0) is 9.59 Å². The topological polar surface area (TPSA) is 86.7 Å². The van der Waals surface area contributed by atoms with E-state index in [0.29, 0.717) is 5.56 Å². The van der Waals surface area contributed by atoms with E-state index in [1.54, 1.807) is 23.5 Å². The van der Waals surface area contributed by atoms with E-state index in [1.807, 2.05) is 30.3 Å². The van der Waals surface area contributed by atoms with Crippen LogP contribution in [0.4, 0.5) is 8.78 Å². The zero-order valence-electron chi connectivity index (χ0n) is 15.7. The van der Waals surface area contributed by atoms with E-state index in [9.17, 15) is 28.3 Å². The third kappa shape index (κ3) is 3.60. The molecule has 1 saturated heterocycles. The number of hydrogen-bond acceptors (Lipinski definition) is 4. The first kappa shape index (κ1) is 20.2. The normalized spacial score (nSPS) is 21.3. The summed E-state index contributed by atoms with van der Waals surface area (Å²) in [7, 11) is 0. The molecular formula is C21H18F2N2O4S. The van der Waals surface area contributed by atoms with Crippen LogP contribution in [0, 0.1) is 0 Å². The minimum Gasteiger partial charge on any atom is -0.480 e. The van der Waals surface area contributed by atoms with E-state index in [2.05, 4.69) is 5.32 Å². The Hall–Kier alpha value is -3.07. The van der Waals surface area contributed by atoms with Crippen LogP contribution in [0.25, 0.3) is 20.2 Å². The Morgan fingerprint density at radius 2 is 1.90 bits per heavy atom. The second-order valence-electron chi connectivity index (χ2n) is 7.36. The van der Waals surface area contributed by atoms with Crippen molar-refractivity contribution in [3.63, 3.8) is 0 Å². The number of carboxylic acids is 1. The summed E-state index contributed by atoms with van der Waals surface area (Å²) >= 11 is 1.61. The highest BCUT2D eigenvalue weighted by molar-refractivity contribution is 7.25. The summed E-state index contributed by atoms with van der Waals surface area (Å²) in [5.74, 6) is -2.69. The van der Waals surface area contributed by atoms with Crippen molar-refractivity contribution in [2.24, 2.45) is 0 Å². The average Bonchev–Trinajstić information content (AvgIpc) is 3.30. The molecule has 2 heterocycles. The fourth-order valence-corrected chi connectivity index (χ4v) is 4.83. The van der Waals surface area contributed by atoms with Gasteiger partial charge in [-0.3, -0.25) is 9.59 Å². The molecule has 4 rings (SSSR count). The highest BCUT2D eigenvalue weighted by Gasteiger charge is 2.49. The molecule has 2 atom stereocenters. The van der Waals surface area contributed by atoms with Gasteiger partial charge in [-0.15, -0.1) is 11.3 Å². The van der Waals surface area contributed by atoms with E-state index >= 15 is 0 Å². The van der Waals surface area contributed by atoms with Crippen LogP contribution < -0.4 is 5.32 Å². The SMILES string of the molecule is O=C(NCC(=O)N1C[C@@](F)(CF)C[C@H]1C(=O)O)c1ccc2sc3ccccc3c2c1. The molecule has 0 unspecified atom stereocenters. The summed E-state index contributed by atoms with van der Waals surface area (Å²) in [6, 6.07) is 11.6. The Morgan fingerprint density at radius 1 is 1.17 bits per heavy atom. The van der Waals surface area contributed by atoms with Crippen LogP contribution in [0.3, 0.4) is 0 Å². The lowest BCUT2D eigenvalue weighted by atomic mass is 10.0. The lowest BCUT2D eigenvalue weighted by Crippen LogP contribution is -2.46. The van der Waals surface area contributed by atoms with Gasteiger partial charge in [0.1, 0.15) is 12.7 Å². The monoisotopic (exact) mass is 432 g/mol. The number of nitrogens with one attached hydrogen (secondary N) is 1. The van der Waals surface area contributed by atoms with Gasteiger partial charge in [-0.25, -0.2) is 13.6 Å². The molecule has 1 fully saturated rings. The predicted octanol–water partition coefficient (Wildman–Crippen LogP) is 3.15. The predicted molar refractivity (Wildman–Crippen MR) is 109 cm³/mol. The van der Waals surface area contributed by atoms with Crippen molar-refractivity contribution in [1.29, 1.82) is 0 Å². The quantitative estimate of drug-likeness (QED) is 0.649. The number of hydrogen-bond donors (Lipinski definition) is 2. The minimum atomic E-state index is -2.38. The zero-order valence-corrected chi connectivity index (χ0v) is 16.5. The maximum Gasteiger partial charge on any atom is 0.326 e. The van der Waals surface area contributed by atoms with Gasteiger partial charge >= 0.3 is 5.97 Å². The van der Waals surface area contributed by atoms with Crippen molar-refractivity contribution in [2.45, 2.75) is 18.1 Å². The van der Waals surface area contributed by atoms with Gasteiger partial charge in [0.15, 0.2) is 5.67 Å². The van der Waals surface area contributed by atoms with E-state index in [1.165, 1.54) is 0 Å². The smallest absolute Gasteiger partial charge is 0.326 e. The fraction of sp³-hybridized carbons (Fsp3) is 0.286. The van der Waals surface area contributed by atoms with Crippen molar-refractivity contribution in [1.82, 2.24) is 10.2 Å². The van der Waals surface area contributed by atoms with Gasteiger partial charge in [0.05, 0.1) is 13.1 Å². The van der Waals surface area contributed by atoms with Gasteiger partial charge in [-0.1, -0.05) is 18.2 Å². The van der Waals surface area contributed by atoms with Crippen LogP contribution in [0.5, 0.6) is 0 Å². The van der Waals surface area contributed by atoms with Crippen LogP contribution in [0.2, 0.25) is 0 Å². The molecule has 156 valence electrons. The fourth-order valence-electron chi connectivity index (χ4n) is 3.74. The van der Waals surface area contributed by atoms with Crippen molar-refractivity contribution < 1.29 is 28.3 Å². The van der Waals surface area contributed by atoms with Gasteiger partial charge in [0.2, 0.25) is 5.91 Å². The van der Waals surface area contributed by atoms with E-state index < -0.39 is 55.7 Å². The zero-order chi connectivity index (χ0) is 21.5. The number of likely N-dealkylation sites (tertiary alicyclic amines) is 1. The average molecular weight is 432 g/mol. The number of alkyl halides is 2. The Morgan fingerprint density at radius 3 is 2.63 bits per heavy atom. The summed E-state index contributed by atoms with van der Waals surface area (Å²) in [4.78, 5) is 37.0. The van der Waals surface area contributed by atoms with Crippen LogP contribution in [0.1, 0.15) is 16.8 Å². The summed E-state index contributed by atoms with van der Waals surface area (Å²) < 4.78 is 29.3. The molecule has 0 aliphatic carbocycles. The molecule has 9 heteroatoms. The molecule has 0 saturated carbocycles. The maximum absolute atomic E-state index is 14.3. The highest BCUT2D eigenvalue weighted by Crippen LogP contribution is 2.34. The van der Waals surface area contributed by atoms with Gasteiger partial charge in [-0.05, 0) is 24.3 Å². The van der Waals surface area contributed by atoms with Gasteiger partial charge in [-0.2, -0.15) is 0 Å². The van der Waals surface area contributed by atoms with Crippen molar-refractivity contribution in [3.05, 3.63) is 48.0 Å².